The summed E-state index contributed by atoms with van der Waals surface area (Å²) in [5.74, 6) is -1.74. The summed E-state index contributed by atoms with van der Waals surface area (Å²) in [5, 5.41) is 19.3. The number of H-pyrrole nitrogens is 1. The minimum absolute atomic E-state index is 0.0895. The molecular weight excluding hydrogens is 561 g/mol. The number of amides is 1. The predicted octanol–water partition coefficient (Wildman–Crippen LogP) is 6.24. The van der Waals surface area contributed by atoms with Gasteiger partial charge in [0.05, 0.1) is 23.7 Å². The Morgan fingerprint density at radius 2 is 1.86 bits per heavy atom. The lowest BCUT2D eigenvalue weighted by atomic mass is 9.91. The smallest absolute Gasteiger partial charge is 0.490 e. The molecule has 3 aliphatic rings. The van der Waals surface area contributed by atoms with Gasteiger partial charge < -0.3 is 15.2 Å². The number of aliphatic carboxylic acids is 1. The normalized spacial score (nSPS) is 21.2. The van der Waals surface area contributed by atoms with Crippen molar-refractivity contribution in [2.45, 2.75) is 49.7 Å². The van der Waals surface area contributed by atoms with Crippen molar-refractivity contribution in [3.63, 3.8) is 0 Å². The molecule has 8 nitrogen and oxygen atoms in total. The number of piperidine rings is 1. The molecule has 1 aromatic heterocycles. The van der Waals surface area contributed by atoms with Gasteiger partial charge in [-0.3, -0.25) is 14.8 Å². The zero-order valence-electron chi connectivity index (χ0n) is 23.5. The van der Waals surface area contributed by atoms with Gasteiger partial charge in [-0.25, -0.2) is 4.79 Å². The highest BCUT2D eigenvalue weighted by Gasteiger charge is 2.65. The van der Waals surface area contributed by atoms with E-state index in [4.69, 9.17) is 19.7 Å². The summed E-state index contributed by atoms with van der Waals surface area (Å²) in [6.45, 7) is 3.38. The van der Waals surface area contributed by atoms with Gasteiger partial charge in [-0.05, 0) is 79.4 Å². The number of ether oxygens (including phenoxy) is 1. The molecule has 1 saturated heterocycles. The highest BCUT2D eigenvalue weighted by molar-refractivity contribution is 6.10. The summed E-state index contributed by atoms with van der Waals surface area (Å²) in [6, 6.07) is 21.1. The molecule has 224 valence electrons. The fourth-order valence-corrected chi connectivity index (χ4v) is 6.37. The number of alkyl halides is 3. The van der Waals surface area contributed by atoms with Crippen molar-refractivity contribution in [3.05, 3.63) is 77.4 Å². The number of likely N-dealkylation sites (tertiary alicyclic amines) is 1. The van der Waals surface area contributed by atoms with Gasteiger partial charge in [0, 0.05) is 29.1 Å². The molecule has 3 aromatic carbocycles. The van der Waals surface area contributed by atoms with E-state index in [-0.39, 0.29) is 11.8 Å². The first kappa shape index (κ1) is 28.7. The number of fused-ring (bicyclic) bond motifs is 3. The zero-order valence-corrected chi connectivity index (χ0v) is 23.5. The van der Waals surface area contributed by atoms with Crippen LogP contribution in [0.4, 0.5) is 18.9 Å². The SMILES string of the molecule is COc1ccc2c(c1)[C@]1(C[C@H]1c1ccc3c(-c4cccc(CN5CCCCC5)c4)n[nH]c3c1)C(=O)N2.O=C(O)C(F)(F)F. The lowest BCUT2D eigenvalue weighted by Crippen LogP contribution is -2.29. The number of aromatic amines is 1. The molecule has 2 aliphatic heterocycles. The molecule has 2 atom stereocenters. The number of hydrogen-bond donors (Lipinski definition) is 3. The average Bonchev–Trinajstić information content (AvgIpc) is 3.52. The monoisotopic (exact) mass is 592 g/mol. The van der Waals surface area contributed by atoms with E-state index in [1.165, 1.54) is 43.5 Å². The Morgan fingerprint density at radius 3 is 2.58 bits per heavy atom. The Kier molecular flexibility index (Phi) is 7.37. The molecule has 1 saturated carbocycles. The third kappa shape index (κ3) is 5.45. The Hall–Kier alpha value is -4.38. The second-order valence-electron chi connectivity index (χ2n) is 11.3. The van der Waals surface area contributed by atoms with Crippen molar-refractivity contribution in [1.82, 2.24) is 15.1 Å². The van der Waals surface area contributed by atoms with Crippen molar-refractivity contribution in [3.8, 4) is 17.0 Å². The van der Waals surface area contributed by atoms with Crippen molar-refractivity contribution in [2.24, 2.45) is 0 Å². The molecule has 1 aliphatic carbocycles. The van der Waals surface area contributed by atoms with Crippen molar-refractivity contribution in [2.75, 3.05) is 25.5 Å². The molecule has 43 heavy (non-hydrogen) atoms. The number of methoxy groups -OCH3 is 1. The molecule has 2 fully saturated rings. The van der Waals surface area contributed by atoms with E-state index >= 15 is 0 Å². The number of carboxylic acid groups (broad SMARTS) is 1. The van der Waals surface area contributed by atoms with Crippen LogP contribution in [0.3, 0.4) is 0 Å². The molecule has 3 heterocycles. The number of hydrogen-bond acceptors (Lipinski definition) is 5. The Morgan fingerprint density at radius 1 is 1.09 bits per heavy atom. The predicted molar refractivity (Wildman–Crippen MR) is 155 cm³/mol. The van der Waals surface area contributed by atoms with Gasteiger partial charge in [-0.15, -0.1) is 0 Å². The molecule has 3 N–H and O–H groups in total. The number of halogens is 3. The molecule has 0 radical (unpaired) electrons. The van der Waals surface area contributed by atoms with Gasteiger partial charge in [0.15, 0.2) is 0 Å². The minimum atomic E-state index is -5.08. The largest absolute Gasteiger partial charge is 0.497 e. The number of aromatic nitrogens is 2. The quantitative estimate of drug-likeness (QED) is 0.254. The van der Waals surface area contributed by atoms with Crippen LogP contribution in [0, 0.1) is 0 Å². The van der Waals surface area contributed by atoms with Gasteiger partial charge in [0.1, 0.15) is 5.75 Å². The van der Waals surface area contributed by atoms with Gasteiger partial charge in [0.25, 0.3) is 0 Å². The van der Waals surface area contributed by atoms with Gasteiger partial charge >= 0.3 is 12.1 Å². The summed E-state index contributed by atoms with van der Waals surface area (Å²) in [4.78, 5) is 24.5. The van der Waals surface area contributed by atoms with E-state index in [0.717, 1.165) is 52.1 Å². The summed E-state index contributed by atoms with van der Waals surface area (Å²) in [7, 11) is 1.66. The third-order valence-corrected chi connectivity index (χ3v) is 8.61. The van der Waals surface area contributed by atoms with Crippen LogP contribution in [-0.4, -0.2) is 58.5 Å². The van der Waals surface area contributed by atoms with Gasteiger partial charge in [0.2, 0.25) is 5.91 Å². The number of rotatable bonds is 5. The molecule has 11 heteroatoms. The standard InChI is InChI=1S/C30H30N4O2.C2HF3O2/c1-36-22-9-11-26-24(16-22)30(29(35)31-26)17-25(30)20-8-10-23-27(15-20)32-33-28(23)21-7-5-6-19(14-21)18-34-12-3-2-4-13-34;3-2(4,5)1(6)7/h5-11,14-16,25H,2-4,12-13,17-18H2,1H3,(H,31,35)(H,32,33);(H,6,7)/t25-,30-;/m0./s1. The van der Waals surface area contributed by atoms with Crippen LogP contribution in [0.1, 0.15) is 48.3 Å². The molecule has 7 rings (SSSR count). The molecule has 1 spiro atoms. The number of nitrogens with zero attached hydrogens (tertiary/aromatic N) is 2. The topological polar surface area (TPSA) is 108 Å². The zero-order chi connectivity index (χ0) is 30.4. The van der Waals surface area contributed by atoms with Gasteiger partial charge in [-0.2, -0.15) is 18.3 Å². The second kappa shape index (κ2) is 11.0. The Labute approximate surface area is 245 Å². The molecular formula is C32H31F3N4O4. The van der Waals surface area contributed by atoms with Crippen molar-refractivity contribution >= 4 is 28.5 Å². The van der Waals surface area contributed by atoms with Crippen LogP contribution in [0.5, 0.6) is 5.75 Å². The first-order valence-corrected chi connectivity index (χ1v) is 14.2. The molecule has 4 aromatic rings. The highest BCUT2D eigenvalue weighted by Crippen LogP contribution is 2.65. The van der Waals surface area contributed by atoms with E-state index in [2.05, 4.69) is 57.8 Å². The van der Waals surface area contributed by atoms with Crippen LogP contribution in [0.25, 0.3) is 22.2 Å². The average molecular weight is 593 g/mol. The molecule has 1 amide bonds. The van der Waals surface area contributed by atoms with E-state index in [1.807, 2.05) is 18.2 Å². The number of benzene rings is 3. The highest BCUT2D eigenvalue weighted by atomic mass is 19.4. The van der Waals surface area contributed by atoms with Crippen molar-refractivity contribution < 1.29 is 32.6 Å². The number of carboxylic acids is 1. The maximum Gasteiger partial charge on any atom is 0.490 e. The first-order valence-electron chi connectivity index (χ1n) is 14.2. The number of anilines is 1. The van der Waals surface area contributed by atoms with Crippen LogP contribution in [0.2, 0.25) is 0 Å². The second-order valence-corrected chi connectivity index (χ2v) is 11.3. The van der Waals surface area contributed by atoms with E-state index < -0.39 is 17.6 Å². The van der Waals surface area contributed by atoms with E-state index in [0.29, 0.717) is 0 Å². The van der Waals surface area contributed by atoms with Crippen LogP contribution in [0.15, 0.2) is 60.7 Å². The maximum absolute atomic E-state index is 13.1. The molecule has 0 unspecified atom stereocenters. The molecule has 0 bridgehead atoms. The summed E-state index contributed by atoms with van der Waals surface area (Å²) < 4.78 is 37.2. The maximum atomic E-state index is 13.1. The Bertz CT molecular complexity index is 1700. The van der Waals surface area contributed by atoms with Crippen LogP contribution >= 0.6 is 0 Å². The fourth-order valence-electron chi connectivity index (χ4n) is 6.37. The minimum Gasteiger partial charge on any atom is -0.497 e. The van der Waals surface area contributed by atoms with Crippen molar-refractivity contribution in [1.29, 1.82) is 0 Å². The Balaban J connectivity index is 0.000000423. The van der Waals surface area contributed by atoms with E-state index in [1.54, 1.807) is 7.11 Å². The number of carbonyl (C=O) groups is 2. The third-order valence-electron chi connectivity index (χ3n) is 8.61. The fraction of sp³-hybridized carbons (Fsp3) is 0.344. The first-order chi connectivity index (χ1) is 20.6. The number of nitrogens with one attached hydrogen (secondary N) is 2. The lowest BCUT2D eigenvalue weighted by molar-refractivity contribution is -0.192. The summed E-state index contributed by atoms with van der Waals surface area (Å²) in [6.07, 6.45) is -0.320. The summed E-state index contributed by atoms with van der Waals surface area (Å²) >= 11 is 0. The van der Waals surface area contributed by atoms with Crippen LogP contribution in [-0.2, 0) is 21.5 Å². The number of carbonyl (C=O) groups excluding carboxylic acids is 1. The lowest BCUT2D eigenvalue weighted by Gasteiger charge is -2.26. The summed E-state index contributed by atoms with van der Waals surface area (Å²) in [5.41, 5.74) is 7.09. The van der Waals surface area contributed by atoms with Gasteiger partial charge in [-0.1, -0.05) is 36.8 Å². The van der Waals surface area contributed by atoms with E-state index in [9.17, 15) is 18.0 Å². The van der Waals surface area contributed by atoms with Crippen LogP contribution < -0.4 is 10.1 Å².